The van der Waals surface area contributed by atoms with Crippen molar-refractivity contribution < 1.29 is 50.3 Å². The summed E-state index contributed by atoms with van der Waals surface area (Å²) in [5.41, 5.74) is 9.63. The summed E-state index contributed by atoms with van der Waals surface area (Å²) in [6.07, 6.45) is 0. The number of hydrogen-bond donors (Lipinski definition) is 0. The van der Waals surface area contributed by atoms with Gasteiger partial charge < -0.3 is 24.0 Å². The third-order valence-electron chi connectivity index (χ3n) is 5.32. The van der Waals surface area contributed by atoms with E-state index in [0.717, 1.165) is 26.2 Å². The summed E-state index contributed by atoms with van der Waals surface area (Å²) in [4.78, 5) is 4.64. The average molecular weight is 624 g/mol. The number of aryl methyl sites for hydroxylation is 5. The summed E-state index contributed by atoms with van der Waals surface area (Å²) in [7, 11) is 0. The summed E-state index contributed by atoms with van der Waals surface area (Å²) in [6.45, 7) is 27.5. The molecule has 1 aliphatic heterocycles. The van der Waals surface area contributed by atoms with Crippen LogP contribution in [0.1, 0.15) is 38.9 Å². The molecule has 1 aliphatic rings. The summed E-state index contributed by atoms with van der Waals surface area (Å²) in [6, 6.07) is 21.4. The van der Waals surface area contributed by atoms with Gasteiger partial charge in [0.25, 0.3) is 0 Å². The maximum atomic E-state index is 7.50. The Morgan fingerprint density at radius 3 is 1.60 bits per heavy atom. The molecule has 3 aromatic rings. The predicted molar refractivity (Wildman–Crippen MR) is 131 cm³/mol. The molecule has 0 bridgehead atoms. The number of hydrogen-bond acceptors (Lipinski definition) is 2. The van der Waals surface area contributed by atoms with Crippen LogP contribution in [0.3, 0.4) is 0 Å². The van der Waals surface area contributed by atoms with Crippen LogP contribution < -0.4 is 24.0 Å². The van der Waals surface area contributed by atoms with Crippen LogP contribution in [0.2, 0.25) is 0 Å². The summed E-state index contributed by atoms with van der Waals surface area (Å²) >= 11 is 0. The Balaban J connectivity index is 0. The van der Waals surface area contributed by atoms with Crippen molar-refractivity contribution in [2.24, 2.45) is 0 Å². The van der Waals surface area contributed by atoms with Crippen LogP contribution in [0.25, 0.3) is 0 Å². The average Bonchev–Trinajstić information content (AvgIpc) is 3.48. The fourth-order valence-electron chi connectivity index (χ4n) is 4.12. The Hall–Kier alpha value is -1.56. The first-order valence-electron chi connectivity index (χ1n) is 10.9. The summed E-state index contributed by atoms with van der Waals surface area (Å²) in [5, 5.41) is 0. The van der Waals surface area contributed by atoms with Crippen LogP contribution in [0.4, 0.5) is 0 Å². The number of rotatable bonds is 4. The van der Waals surface area contributed by atoms with E-state index in [1.54, 1.807) is 0 Å². The Morgan fingerprint density at radius 2 is 1.17 bits per heavy atom. The number of nitrogens with zero attached hydrogens (tertiary/aromatic N) is 2. The van der Waals surface area contributed by atoms with Crippen LogP contribution >= 0.6 is 0 Å². The fourth-order valence-corrected chi connectivity index (χ4v) is 4.12. The van der Waals surface area contributed by atoms with Gasteiger partial charge in [0.15, 0.2) is 0 Å². The van der Waals surface area contributed by atoms with Crippen molar-refractivity contribution in [1.82, 2.24) is 9.80 Å². The van der Waals surface area contributed by atoms with Gasteiger partial charge in [-0.2, -0.15) is 18.2 Å². The van der Waals surface area contributed by atoms with Crippen molar-refractivity contribution >= 4 is 0 Å². The number of benzene rings is 2. The zero-order chi connectivity index (χ0) is 24.8. The van der Waals surface area contributed by atoms with Crippen molar-refractivity contribution in [3.63, 3.8) is 0 Å². The second-order valence-electron chi connectivity index (χ2n) is 8.28. The maximum absolute atomic E-state index is 7.50. The maximum Gasteiger partial charge on any atom is 2.00 e. The zero-order valence-corrected chi connectivity index (χ0v) is 24.3. The van der Waals surface area contributed by atoms with Crippen LogP contribution in [-0.2, 0) is 39.5 Å². The van der Waals surface area contributed by atoms with Crippen LogP contribution in [-0.4, -0.2) is 22.9 Å². The molecule has 0 saturated carbocycles. The van der Waals surface area contributed by atoms with Gasteiger partial charge in [-0.3, -0.25) is 9.80 Å². The summed E-state index contributed by atoms with van der Waals surface area (Å²) < 4.78 is 15.0. The third-order valence-corrected chi connectivity index (χ3v) is 5.32. The van der Waals surface area contributed by atoms with E-state index < -0.39 is 0 Å². The molecular weight excluding hydrogens is 591 g/mol. The first-order chi connectivity index (χ1) is 15.9. The van der Waals surface area contributed by atoms with Crippen LogP contribution in [0.5, 0.6) is 0 Å². The van der Waals surface area contributed by atoms with Gasteiger partial charge in [0.1, 0.15) is 6.67 Å². The fraction of sp³-hybridized carbons (Fsp3) is 0.310. The molecule has 35 heavy (non-hydrogen) atoms. The van der Waals surface area contributed by atoms with Gasteiger partial charge in [-0.25, -0.2) is 12.1 Å². The Labute approximate surface area is 239 Å². The molecule has 0 atom stereocenters. The minimum atomic E-state index is 0. The van der Waals surface area contributed by atoms with Gasteiger partial charge in [-0.15, -0.1) is 0 Å². The smallest absolute Gasteiger partial charge is 1.00 e. The molecule has 4 rings (SSSR count). The summed E-state index contributed by atoms with van der Waals surface area (Å²) in [5.74, 6) is 0. The molecule has 1 saturated heterocycles. The first kappa shape index (κ1) is 35.6. The molecule has 3 aromatic carbocycles. The van der Waals surface area contributed by atoms with E-state index in [2.05, 4.69) is 94.7 Å². The zero-order valence-electron chi connectivity index (χ0n) is 21.0. The minimum absolute atomic E-state index is 0. The van der Waals surface area contributed by atoms with E-state index in [0.29, 0.717) is 0 Å². The van der Waals surface area contributed by atoms with Gasteiger partial charge in [-0.1, -0.05) is 47.0 Å². The third kappa shape index (κ3) is 12.8. The van der Waals surface area contributed by atoms with Gasteiger partial charge in [0.05, 0.1) is 0 Å². The Bertz CT molecular complexity index is 950. The van der Waals surface area contributed by atoms with Crippen molar-refractivity contribution in [3.05, 3.63) is 120 Å². The molecule has 0 aromatic heterocycles. The van der Waals surface area contributed by atoms with Crippen molar-refractivity contribution in [2.75, 3.05) is 13.1 Å². The monoisotopic (exact) mass is 624 g/mol. The SMILES string of the molecule is Cc1cc(C)cc(CN2[C]N(Cc3c(C)cc(C)cc3C)CC2)c1.[C-]#[O+].[C-]#[O+].[Fe+2].[I-].c1cc[cH-]c1. The molecule has 0 amide bonds. The van der Waals surface area contributed by atoms with E-state index in [1.165, 1.54) is 38.9 Å². The molecule has 0 unspecified atom stereocenters. The van der Waals surface area contributed by atoms with Gasteiger partial charge >= 0.3 is 39.7 Å². The molecule has 0 aliphatic carbocycles. The molecule has 2 radical (unpaired) electrons. The van der Waals surface area contributed by atoms with Crippen molar-refractivity contribution in [3.8, 4) is 0 Å². The molecular formula is C29H33FeIN2O2. The molecule has 6 heteroatoms. The Morgan fingerprint density at radius 1 is 0.743 bits per heavy atom. The molecule has 186 valence electrons. The normalized spacial score (nSPS) is 12.3. The molecule has 0 N–H and O–H groups in total. The van der Waals surface area contributed by atoms with Gasteiger partial charge in [0, 0.05) is 26.2 Å². The molecule has 1 fully saturated rings. The van der Waals surface area contributed by atoms with E-state index >= 15 is 0 Å². The standard InChI is InChI=1S/C22H28N2.C5H5.2CO.Fe.HI/c1-16-8-17(2)12-21(11-16)13-23-6-7-24(15-23)14-22-19(4)9-18(3)10-20(22)5;1-2-4-5-3-1;2*1-2;;/h8-12H,6-7,13-14H2,1-5H3;1-5H;;;;1H/q;-1;;;+2;/p-1. The second kappa shape index (κ2) is 19.6. The van der Waals surface area contributed by atoms with E-state index in [-0.39, 0.29) is 41.0 Å². The molecule has 0 spiro atoms. The minimum Gasteiger partial charge on any atom is -1.00 e. The number of halogens is 1. The van der Waals surface area contributed by atoms with E-state index in [1.807, 2.05) is 30.3 Å². The van der Waals surface area contributed by atoms with Crippen molar-refractivity contribution in [1.29, 1.82) is 0 Å². The molecule has 1 heterocycles. The van der Waals surface area contributed by atoms with Gasteiger partial charge in [-0.05, 0) is 56.9 Å². The quantitative estimate of drug-likeness (QED) is 0.194. The van der Waals surface area contributed by atoms with Crippen LogP contribution in [0.15, 0.2) is 60.7 Å². The predicted octanol–water partition coefficient (Wildman–Crippen LogP) is 2.87. The van der Waals surface area contributed by atoms with Crippen LogP contribution in [0, 0.1) is 54.6 Å². The Kier molecular flexibility index (Phi) is 19.9. The topological polar surface area (TPSA) is 46.3 Å². The van der Waals surface area contributed by atoms with E-state index in [9.17, 15) is 0 Å². The first-order valence-corrected chi connectivity index (χ1v) is 10.9. The van der Waals surface area contributed by atoms with Gasteiger partial charge in [0.2, 0.25) is 0 Å². The molecule has 4 nitrogen and oxygen atoms in total. The second-order valence-corrected chi connectivity index (χ2v) is 8.28. The van der Waals surface area contributed by atoms with Crippen molar-refractivity contribution in [2.45, 2.75) is 47.7 Å². The van der Waals surface area contributed by atoms with E-state index in [4.69, 9.17) is 9.30 Å². The largest absolute Gasteiger partial charge is 2.00 e.